The molecule has 0 unspecified atom stereocenters. The average molecular weight is 391 g/mol. The molecule has 0 atom stereocenters. The van der Waals surface area contributed by atoms with Crippen molar-refractivity contribution in [2.75, 3.05) is 24.2 Å². The molecule has 0 aliphatic rings. The van der Waals surface area contributed by atoms with Crippen LogP contribution in [0.3, 0.4) is 0 Å². The maximum Gasteiger partial charge on any atom is 0.243 e. The van der Waals surface area contributed by atoms with Gasteiger partial charge in [-0.05, 0) is 31.5 Å². The predicted molar refractivity (Wildman–Crippen MR) is 107 cm³/mol. The highest BCUT2D eigenvalue weighted by atomic mass is 32.2. The monoisotopic (exact) mass is 390 g/mol. The molecule has 2 aromatic rings. The molecule has 0 fully saturated rings. The van der Waals surface area contributed by atoms with E-state index in [0.717, 1.165) is 16.1 Å². The van der Waals surface area contributed by atoms with Crippen LogP contribution in [0, 0.1) is 0 Å². The number of anilines is 1. The molecule has 2 rings (SSSR count). The highest BCUT2D eigenvalue weighted by Gasteiger charge is 2.25. The van der Waals surface area contributed by atoms with E-state index < -0.39 is 10.0 Å². The second-order valence-electron chi connectivity index (χ2n) is 6.64. The lowest BCUT2D eigenvalue weighted by Gasteiger charge is -2.27. The Labute approximate surface area is 161 Å². The molecule has 2 aromatic carbocycles. The zero-order chi connectivity index (χ0) is 20.0. The summed E-state index contributed by atoms with van der Waals surface area (Å²) in [6.07, 6.45) is 0.966. The maximum absolute atomic E-state index is 12.7. The number of rotatable bonds is 8. The number of hydrogen-bond acceptors (Lipinski definition) is 4. The fourth-order valence-corrected chi connectivity index (χ4v) is 3.44. The number of ether oxygens (including phenoxy) is 1. The third-order valence-corrected chi connectivity index (χ3v) is 4.99. The van der Waals surface area contributed by atoms with E-state index in [-0.39, 0.29) is 18.6 Å². The summed E-state index contributed by atoms with van der Waals surface area (Å²) < 4.78 is 31.6. The van der Waals surface area contributed by atoms with Crippen LogP contribution >= 0.6 is 0 Å². The molecule has 0 radical (unpaired) electrons. The van der Waals surface area contributed by atoms with Crippen LogP contribution in [0.25, 0.3) is 0 Å². The van der Waals surface area contributed by atoms with E-state index in [9.17, 15) is 13.2 Å². The summed E-state index contributed by atoms with van der Waals surface area (Å²) in [7, 11) is -2.01. The average Bonchev–Trinajstić information content (AvgIpc) is 2.59. The summed E-state index contributed by atoms with van der Waals surface area (Å²) in [5.41, 5.74) is 1.33. The fourth-order valence-electron chi connectivity index (χ4n) is 2.59. The van der Waals surface area contributed by atoms with Crippen LogP contribution < -0.4 is 9.04 Å². The minimum absolute atomic E-state index is 0.121. The van der Waals surface area contributed by atoms with E-state index in [0.29, 0.717) is 18.0 Å². The van der Waals surface area contributed by atoms with Crippen molar-refractivity contribution in [3.05, 3.63) is 60.2 Å². The van der Waals surface area contributed by atoms with Crippen molar-refractivity contribution in [2.45, 2.75) is 26.5 Å². The van der Waals surface area contributed by atoms with E-state index in [1.54, 1.807) is 31.3 Å². The summed E-state index contributed by atoms with van der Waals surface area (Å²) in [6, 6.07) is 16.4. The molecule has 0 heterocycles. The van der Waals surface area contributed by atoms with Crippen molar-refractivity contribution in [3.8, 4) is 5.75 Å². The number of nitrogens with zero attached hydrogens (tertiary/aromatic N) is 2. The van der Waals surface area contributed by atoms with Crippen molar-refractivity contribution in [1.82, 2.24) is 4.90 Å². The van der Waals surface area contributed by atoms with Gasteiger partial charge in [0.1, 0.15) is 12.3 Å². The summed E-state index contributed by atoms with van der Waals surface area (Å²) in [5, 5.41) is 0. The van der Waals surface area contributed by atoms with Gasteiger partial charge in [0, 0.05) is 13.6 Å². The van der Waals surface area contributed by atoms with Crippen LogP contribution in [0.15, 0.2) is 54.6 Å². The molecule has 1 amide bonds. The molecular weight excluding hydrogens is 364 g/mol. The van der Waals surface area contributed by atoms with Gasteiger partial charge in [-0.15, -0.1) is 0 Å². The van der Waals surface area contributed by atoms with Gasteiger partial charge in [-0.25, -0.2) is 8.42 Å². The Balaban J connectivity index is 2.24. The van der Waals surface area contributed by atoms with E-state index >= 15 is 0 Å². The molecule has 0 aliphatic heterocycles. The van der Waals surface area contributed by atoms with Crippen LogP contribution in [0.4, 0.5) is 5.69 Å². The lowest BCUT2D eigenvalue weighted by Crippen LogP contribution is -2.41. The van der Waals surface area contributed by atoms with Crippen molar-refractivity contribution in [1.29, 1.82) is 0 Å². The Kier molecular flexibility index (Phi) is 6.85. The van der Waals surface area contributed by atoms with Gasteiger partial charge in [-0.1, -0.05) is 42.5 Å². The molecule has 146 valence electrons. The Morgan fingerprint density at radius 2 is 1.63 bits per heavy atom. The molecule has 0 saturated carbocycles. The van der Waals surface area contributed by atoms with E-state index in [1.165, 1.54) is 4.90 Å². The number of carbonyl (C=O) groups is 1. The quantitative estimate of drug-likeness (QED) is 0.695. The van der Waals surface area contributed by atoms with Gasteiger partial charge in [0.25, 0.3) is 0 Å². The van der Waals surface area contributed by atoms with Gasteiger partial charge in [0.15, 0.2) is 0 Å². The number of hydrogen-bond donors (Lipinski definition) is 0. The van der Waals surface area contributed by atoms with Gasteiger partial charge >= 0.3 is 0 Å². The predicted octanol–water partition coefficient (Wildman–Crippen LogP) is 2.90. The normalized spacial score (nSPS) is 11.3. The Bertz CT molecular complexity index is 867. The lowest BCUT2D eigenvalue weighted by atomic mass is 10.2. The van der Waals surface area contributed by atoms with Crippen LogP contribution in [0.5, 0.6) is 5.75 Å². The molecule has 7 heteroatoms. The first-order valence-corrected chi connectivity index (χ1v) is 10.5. The topological polar surface area (TPSA) is 66.9 Å². The first-order chi connectivity index (χ1) is 12.7. The molecular formula is C20H26N2O4S. The van der Waals surface area contributed by atoms with Crippen LogP contribution in [0.2, 0.25) is 0 Å². The Morgan fingerprint density at radius 3 is 2.22 bits per heavy atom. The molecule has 0 saturated heterocycles. The minimum atomic E-state index is -3.67. The first-order valence-electron chi connectivity index (χ1n) is 8.69. The van der Waals surface area contributed by atoms with Gasteiger partial charge < -0.3 is 9.64 Å². The third-order valence-electron chi connectivity index (χ3n) is 3.86. The van der Waals surface area contributed by atoms with Crippen LogP contribution in [-0.4, -0.2) is 45.2 Å². The van der Waals surface area contributed by atoms with Gasteiger partial charge in [-0.3, -0.25) is 9.10 Å². The van der Waals surface area contributed by atoms with E-state index in [4.69, 9.17) is 4.74 Å². The number of benzene rings is 2. The summed E-state index contributed by atoms with van der Waals surface area (Å²) in [5.74, 6) is 0.125. The highest BCUT2D eigenvalue weighted by molar-refractivity contribution is 7.92. The van der Waals surface area contributed by atoms with Gasteiger partial charge in [0.2, 0.25) is 15.9 Å². The van der Waals surface area contributed by atoms with Crippen molar-refractivity contribution >= 4 is 21.6 Å². The molecule has 0 N–H and O–H groups in total. The second kappa shape index (κ2) is 8.90. The van der Waals surface area contributed by atoms with E-state index in [2.05, 4.69) is 0 Å². The molecule has 0 bridgehead atoms. The maximum atomic E-state index is 12.7. The van der Waals surface area contributed by atoms with Crippen molar-refractivity contribution in [2.24, 2.45) is 0 Å². The zero-order valence-corrected chi connectivity index (χ0v) is 16.9. The Morgan fingerprint density at radius 1 is 1.04 bits per heavy atom. The molecule has 6 nitrogen and oxygen atoms in total. The summed E-state index contributed by atoms with van der Waals surface area (Å²) in [6.45, 7) is 3.84. The highest BCUT2D eigenvalue weighted by Crippen LogP contribution is 2.30. The SMILES string of the molecule is CC(C)Oc1ccccc1N(CC(=O)N(C)Cc1ccccc1)S(C)(=O)=O. The van der Waals surface area contributed by atoms with Crippen LogP contribution in [-0.2, 0) is 21.4 Å². The van der Waals surface area contributed by atoms with Crippen molar-refractivity contribution in [3.63, 3.8) is 0 Å². The Hall–Kier alpha value is -2.54. The number of sulfonamides is 1. The standard InChI is InChI=1S/C20H26N2O4S/c1-16(2)26-19-13-9-8-12-18(19)22(27(4,24)25)15-20(23)21(3)14-17-10-6-5-7-11-17/h5-13,16H,14-15H2,1-4H3. The number of carbonyl (C=O) groups excluding carboxylic acids is 1. The molecule has 0 spiro atoms. The first kappa shape index (κ1) is 20.8. The summed E-state index contributed by atoms with van der Waals surface area (Å²) in [4.78, 5) is 14.2. The fraction of sp³-hybridized carbons (Fsp3) is 0.350. The lowest BCUT2D eigenvalue weighted by molar-refractivity contribution is -0.128. The number of amides is 1. The van der Waals surface area contributed by atoms with Crippen LogP contribution in [0.1, 0.15) is 19.4 Å². The smallest absolute Gasteiger partial charge is 0.243 e. The zero-order valence-electron chi connectivity index (χ0n) is 16.1. The third kappa shape index (κ3) is 5.99. The number of para-hydroxylation sites is 2. The molecule has 0 aromatic heterocycles. The van der Waals surface area contributed by atoms with Crippen molar-refractivity contribution < 1.29 is 17.9 Å². The van der Waals surface area contributed by atoms with Gasteiger partial charge in [0.05, 0.1) is 18.0 Å². The largest absolute Gasteiger partial charge is 0.489 e. The number of likely N-dealkylation sites (N-methyl/N-ethyl adjacent to an activating group) is 1. The molecule has 0 aliphatic carbocycles. The minimum Gasteiger partial charge on any atom is -0.489 e. The molecule has 27 heavy (non-hydrogen) atoms. The second-order valence-corrected chi connectivity index (χ2v) is 8.55. The van der Waals surface area contributed by atoms with E-state index in [1.807, 2.05) is 44.2 Å². The summed E-state index contributed by atoms with van der Waals surface area (Å²) >= 11 is 0. The van der Waals surface area contributed by atoms with Gasteiger partial charge in [-0.2, -0.15) is 0 Å².